The number of sulfonamides is 1. The summed E-state index contributed by atoms with van der Waals surface area (Å²) < 4.78 is 38.0. The van der Waals surface area contributed by atoms with Gasteiger partial charge in [0.05, 0.1) is 19.1 Å². The van der Waals surface area contributed by atoms with Crippen LogP contribution in [0.15, 0.2) is 47.4 Å². The van der Waals surface area contributed by atoms with Crippen LogP contribution in [0.2, 0.25) is 0 Å². The van der Waals surface area contributed by atoms with Crippen molar-refractivity contribution in [1.82, 2.24) is 14.1 Å². The molecule has 1 aliphatic rings. The second-order valence-corrected chi connectivity index (χ2v) is 9.81. The number of amides is 1. The number of piperazine rings is 1. The molecule has 0 unspecified atom stereocenters. The first-order chi connectivity index (χ1) is 15.8. The van der Waals surface area contributed by atoms with Crippen LogP contribution in [0.25, 0.3) is 0 Å². The van der Waals surface area contributed by atoms with Crippen LogP contribution in [0.4, 0.5) is 0 Å². The molecule has 0 aromatic heterocycles. The van der Waals surface area contributed by atoms with E-state index >= 15 is 0 Å². The van der Waals surface area contributed by atoms with E-state index in [1.165, 1.54) is 36.2 Å². The van der Waals surface area contributed by atoms with E-state index in [0.717, 1.165) is 19.6 Å². The van der Waals surface area contributed by atoms with Gasteiger partial charge in [0.2, 0.25) is 10.0 Å². The molecule has 2 aromatic carbocycles. The molecule has 3 rings (SSSR count). The quantitative estimate of drug-likeness (QED) is 0.555. The summed E-state index contributed by atoms with van der Waals surface area (Å²) in [5, 5.41) is 0. The molecule has 1 fully saturated rings. The van der Waals surface area contributed by atoms with Crippen LogP contribution in [0.3, 0.4) is 0 Å². The Morgan fingerprint density at radius 2 is 1.52 bits per heavy atom. The van der Waals surface area contributed by atoms with Gasteiger partial charge in [0.25, 0.3) is 5.91 Å². The van der Waals surface area contributed by atoms with Crippen molar-refractivity contribution < 1.29 is 22.7 Å². The molecule has 0 atom stereocenters. The Morgan fingerprint density at radius 3 is 2.06 bits per heavy atom. The van der Waals surface area contributed by atoms with Crippen LogP contribution in [0.1, 0.15) is 29.8 Å². The third-order valence-electron chi connectivity index (χ3n) is 6.02. The van der Waals surface area contributed by atoms with E-state index in [0.29, 0.717) is 30.2 Å². The summed E-state index contributed by atoms with van der Waals surface area (Å²) in [7, 11) is -0.733. The molecular weight excluding hydrogens is 442 g/mol. The Kier molecular flexibility index (Phi) is 8.34. The average Bonchev–Trinajstić information content (AvgIpc) is 2.86. The summed E-state index contributed by atoms with van der Waals surface area (Å²) >= 11 is 0. The second-order valence-electron chi connectivity index (χ2n) is 7.87. The molecule has 9 heteroatoms. The van der Waals surface area contributed by atoms with Gasteiger partial charge in [-0.05, 0) is 42.9 Å². The summed E-state index contributed by atoms with van der Waals surface area (Å²) in [5.74, 6) is 0.749. The maximum absolute atomic E-state index is 13.1. The van der Waals surface area contributed by atoms with Crippen LogP contribution in [-0.2, 0) is 16.6 Å². The zero-order valence-corrected chi connectivity index (χ0v) is 20.6. The van der Waals surface area contributed by atoms with Gasteiger partial charge < -0.3 is 14.4 Å². The predicted molar refractivity (Wildman–Crippen MR) is 127 cm³/mol. The van der Waals surface area contributed by atoms with Crippen molar-refractivity contribution >= 4 is 15.9 Å². The van der Waals surface area contributed by atoms with Crippen molar-refractivity contribution in [2.75, 3.05) is 53.5 Å². The highest BCUT2D eigenvalue weighted by atomic mass is 32.2. The van der Waals surface area contributed by atoms with Gasteiger partial charge in [0.1, 0.15) is 0 Å². The summed E-state index contributed by atoms with van der Waals surface area (Å²) in [6.45, 7) is 8.23. The van der Waals surface area contributed by atoms with Gasteiger partial charge in [-0.25, -0.2) is 8.42 Å². The van der Waals surface area contributed by atoms with Gasteiger partial charge in [-0.3, -0.25) is 9.69 Å². The minimum absolute atomic E-state index is 0.0763. The maximum atomic E-state index is 13.1. The molecule has 33 heavy (non-hydrogen) atoms. The number of carbonyl (C=O) groups excluding carboxylic acids is 1. The van der Waals surface area contributed by atoms with Crippen LogP contribution in [0, 0.1) is 0 Å². The summed E-state index contributed by atoms with van der Waals surface area (Å²) in [5.41, 5.74) is 1.79. The van der Waals surface area contributed by atoms with Crippen LogP contribution in [0.5, 0.6) is 11.5 Å². The van der Waals surface area contributed by atoms with E-state index in [2.05, 4.69) is 18.7 Å². The van der Waals surface area contributed by atoms with Crippen molar-refractivity contribution in [1.29, 1.82) is 0 Å². The van der Waals surface area contributed by atoms with Gasteiger partial charge in [0.15, 0.2) is 11.5 Å². The zero-order valence-electron chi connectivity index (χ0n) is 19.8. The molecule has 1 aliphatic heterocycles. The normalized spacial score (nSPS) is 15.0. The third kappa shape index (κ3) is 5.66. The average molecular weight is 476 g/mol. The highest BCUT2D eigenvalue weighted by molar-refractivity contribution is 7.89. The SMILES string of the molecule is CCN(CC)Cc1ccc(C(=O)N2CCN(S(=O)(=O)c3ccc(OC)c(OC)c3)CC2)cc1. The Balaban J connectivity index is 1.64. The zero-order chi connectivity index (χ0) is 24.0. The lowest BCUT2D eigenvalue weighted by molar-refractivity contribution is 0.0698. The third-order valence-corrected chi connectivity index (χ3v) is 7.91. The largest absolute Gasteiger partial charge is 0.493 e. The predicted octanol–water partition coefficient (Wildman–Crippen LogP) is 2.69. The monoisotopic (exact) mass is 475 g/mol. The van der Waals surface area contributed by atoms with Gasteiger partial charge in [-0.1, -0.05) is 26.0 Å². The molecule has 1 heterocycles. The van der Waals surface area contributed by atoms with Crippen LogP contribution in [-0.4, -0.2) is 81.9 Å². The van der Waals surface area contributed by atoms with E-state index in [1.807, 2.05) is 24.3 Å². The first-order valence-corrected chi connectivity index (χ1v) is 12.6. The summed E-state index contributed by atoms with van der Waals surface area (Å²) in [6.07, 6.45) is 0. The number of hydrogen-bond acceptors (Lipinski definition) is 6. The van der Waals surface area contributed by atoms with Gasteiger partial charge >= 0.3 is 0 Å². The Labute approximate surface area is 196 Å². The topological polar surface area (TPSA) is 79.4 Å². The highest BCUT2D eigenvalue weighted by Gasteiger charge is 2.31. The van der Waals surface area contributed by atoms with Gasteiger partial charge in [-0.15, -0.1) is 0 Å². The molecular formula is C24H33N3O5S. The van der Waals surface area contributed by atoms with E-state index in [4.69, 9.17) is 9.47 Å². The van der Waals surface area contributed by atoms with E-state index in [9.17, 15) is 13.2 Å². The van der Waals surface area contributed by atoms with Crippen molar-refractivity contribution in [3.05, 3.63) is 53.6 Å². The van der Waals surface area contributed by atoms with Crippen molar-refractivity contribution in [2.45, 2.75) is 25.3 Å². The summed E-state index contributed by atoms with van der Waals surface area (Å²) in [6, 6.07) is 12.2. The molecule has 0 saturated carbocycles. The van der Waals surface area contributed by atoms with Crippen LogP contribution >= 0.6 is 0 Å². The molecule has 1 saturated heterocycles. The molecule has 0 radical (unpaired) electrons. The minimum atomic E-state index is -3.70. The van der Waals surface area contributed by atoms with Crippen LogP contribution < -0.4 is 9.47 Å². The molecule has 8 nitrogen and oxygen atoms in total. The molecule has 0 spiro atoms. The number of nitrogens with zero attached hydrogens (tertiary/aromatic N) is 3. The lowest BCUT2D eigenvalue weighted by Gasteiger charge is -2.34. The molecule has 0 bridgehead atoms. The standard InChI is InChI=1S/C24H33N3O5S/c1-5-25(6-2)18-19-7-9-20(10-8-19)24(28)26-13-15-27(16-14-26)33(29,30)21-11-12-22(31-3)23(17-21)32-4/h7-12,17H,5-6,13-16,18H2,1-4H3. The van der Waals surface area contributed by atoms with E-state index in [1.54, 1.807) is 11.0 Å². The molecule has 0 aliphatic carbocycles. The lowest BCUT2D eigenvalue weighted by atomic mass is 10.1. The summed E-state index contributed by atoms with van der Waals surface area (Å²) in [4.78, 5) is 17.1. The second kappa shape index (κ2) is 11.0. The Hall–Kier alpha value is -2.62. The molecule has 1 amide bonds. The van der Waals surface area contributed by atoms with Crippen molar-refractivity contribution in [3.63, 3.8) is 0 Å². The molecule has 180 valence electrons. The minimum Gasteiger partial charge on any atom is -0.493 e. The first kappa shape index (κ1) is 25.0. The fourth-order valence-electron chi connectivity index (χ4n) is 3.90. The van der Waals surface area contributed by atoms with Gasteiger partial charge in [0, 0.05) is 44.4 Å². The smallest absolute Gasteiger partial charge is 0.253 e. The maximum Gasteiger partial charge on any atom is 0.253 e. The molecule has 0 N–H and O–H groups in total. The lowest BCUT2D eigenvalue weighted by Crippen LogP contribution is -2.50. The number of ether oxygens (including phenoxy) is 2. The number of hydrogen-bond donors (Lipinski definition) is 0. The highest BCUT2D eigenvalue weighted by Crippen LogP contribution is 2.31. The first-order valence-electron chi connectivity index (χ1n) is 11.2. The number of rotatable bonds is 9. The number of carbonyl (C=O) groups is 1. The van der Waals surface area contributed by atoms with E-state index in [-0.39, 0.29) is 23.9 Å². The van der Waals surface area contributed by atoms with Gasteiger partial charge in [-0.2, -0.15) is 4.31 Å². The fraction of sp³-hybridized carbons (Fsp3) is 0.458. The van der Waals surface area contributed by atoms with E-state index < -0.39 is 10.0 Å². The molecule has 2 aromatic rings. The number of methoxy groups -OCH3 is 2. The number of benzene rings is 2. The Morgan fingerprint density at radius 1 is 0.909 bits per heavy atom. The van der Waals surface area contributed by atoms with Crippen molar-refractivity contribution in [3.8, 4) is 11.5 Å². The van der Waals surface area contributed by atoms with Crippen molar-refractivity contribution in [2.24, 2.45) is 0 Å². The Bertz CT molecular complexity index is 1040. The fourth-order valence-corrected chi connectivity index (χ4v) is 5.34.